The van der Waals surface area contributed by atoms with E-state index in [0.29, 0.717) is 5.82 Å². The van der Waals surface area contributed by atoms with Crippen molar-refractivity contribution in [2.75, 3.05) is 11.1 Å². The molecule has 4 nitrogen and oxygen atoms in total. The van der Waals surface area contributed by atoms with Crippen molar-refractivity contribution in [2.24, 2.45) is 5.41 Å². The summed E-state index contributed by atoms with van der Waals surface area (Å²) < 4.78 is 0. The highest BCUT2D eigenvalue weighted by molar-refractivity contribution is 5.38. The van der Waals surface area contributed by atoms with E-state index in [1.165, 1.54) is 0 Å². The van der Waals surface area contributed by atoms with Crippen LogP contribution in [0.25, 0.3) is 0 Å². The summed E-state index contributed by atoms with van der Waals surface area (Å²) in [4.78, 5) is 8.21. The lowest BCUT2D eigenvalue weighted by atomic mass is 9.82. The molecule has 1 aromatic rings. The standard InChI is InChI=1S/C12H22N4/c1-11(2,3)8-12(4,5)16-10-7-14-9(13)6-15-10/h6-7H,8H2,1-5H3,(H2,13,14)(H,15,16). The van der Waals surface area contributed by atoms with E-state index in [2.05, 4.69) is 49.9 Å². The lowest BCUT2D eigenvalue weighted by molar-refractivity contribution is 0.302. The molecule has 0 aliphatic rings. The van der Waals surface area contributed by atoms with Gasteiger partial charge < -0.3 is 11.1 Å². The van der Waals surface area contributed by atoms with Crippen molar-refractivity contribution in [1.29, 1.82) is 0 Å². The molecule has 1 aromatic heterocycles. The Balaban J connectivity index is 2.69. The summed E-state index contributed by atoms with van der Waals surface area (Å²) in [5.74, 6) is 1.21. The Bertz CT molecular complexity index is 335. The van der Waals surface area contributed by atoms with Crippen molar-refractivity contribution in [3.8, 4) is 0 Å². The van der Waals surface area contributed by atoms with E-state index in [0.717, 1.165) is 12.2 Å². The normalized spacial score (nSPS) is 12.6. The van der Waals surface area contributed by atoms with E-state index in [4.69, 9.17) is 5.73 Å². The van der Waals surface area contributed by atoms with Gasteiger partial charge in [0, 0.05) is 5.54 Å². The molecule has 0 aromatic carbocycles. The molecule has 4 heteroatoms. The van der Waals surface area contributed by atoms with Crippen LogP contribution in [0.4, 0.5) is 11.6 Å². The number of hydrogen-bond acceptors (Lipinski definition) is 4. The number of nitrogens with one attached hydrogen (secondary N) is 1. The Kier molecular flexibility index (Phi) is 3.41. The molecule has 0 bridgehead atoms. The highest BCUT2D eigenvalue weighted by Gasteiger charge is 2.25. The molecule has 0 aliphatic heterocycles. The average Bonchev–Trinajstić information content (AvgIpc) is 2.04. The number of aromatic nitrogens is 2. The molecule has 0 saturated heterocycles. The van der Waals surface area contributed by atoms with Crippen molar-refractivity contribution >= 4 is 11.6 Å². The fraction of sp³-hybridized carbons (Fsp3) is 0.667. The van der Waals surface area contributed by atoms with Gasteiger partial charge in [-0.2, -0.15) is 0 Å². The van der Waals surface area contributed by atoms with E-state index in [9.17, 15) is 0 Å². The first-order valence-corrected chi connectivity index (χ1v) is 5.54. The van der Waals surface area contributed by atoms with Crippen LogP contribution in [-0.2, 0) is 0 Å². The molecular weight excluding hydrogens is 200 g/mol. The molecule has 0 amide bonds. The van der Waals surface area contributed by atoms with Gasteiger partial charge in [0.1, 0.15) is 11.6 Å². The van der Waals surface area contributed by atoms with Crippen LogP contribution in [0, 0.1) is 5.41 Å². The van der Waals surface area contributed by atoms with Crippen molar-refractivity contribution in [3.05, 3.63) is 12.4 Å². The Hall–Kier alpha value is -1.32. The Labute approximate surface area is 97.7 Å². The first kappa shape index (κ1) is 12.7. The van der Waals surface area contributed by atoms with Crippen LogP contribution in [0.2, 0.25) is 0 Å². The maximum Gasteiger partial charge on any atom is 0.145 e. The van der Waals surface area contributed by atoms with E-state index >= 15 is 0 Å². The largest absolute Gasteiger partial charge is 0.382 e. The van der Waals surface area contributed by atoms with Gasteiger partial charge in [0.15, 0.2) is 0 Å². The zero-order valence-electron chi connectivity index (χ0n) is 10.8. The van der Waals surface area contributed by atoms with Gasteiger partial charge in [0.2, 0.25) is 0 Å². The van der Waals surface area contributed by atoms with Crippen LogP contribution in [0.15, 0.2) is 12.4 Å². The number of nitrogens with two attached hydrogens (primary N) is 1. The second-order valence-corrected chi connectivity index (χ2v) is 6.07. The minimum Gasteiger partial charge on any atom is -0.382 e. The molecule has 0 atom stereocenters. The van der Waals surface area contributed by atoms with Gasteiger partial charge in [-0.15, -0.1) is 0 Å². The summed E-state index contributed by atoms with van der Waals surface area (Å²) in [6, 6.07) is 0. The maximum absolute atomic E-state index is 5.49. The molecule has 0 radical (unpaired) electrons. The monoisotopic (exact) mass is 222 g/mol. The molecule has 0 spiro atoms. The SMILES string of the molecule is CC(C)(C)CC(C)(C)Nc1cnc(N)cn1. The highest BCUT2D eigenvalue weighted by atomic mass is 15.1. The zero-order chi connectivity index (χ0) is 12.4. The van der Waals surface area contributed by atoms with Crippen molar-refractivity contribution in [3.63, 3.8) is 0 Å². The zero-order valence-corrected chi connectivity index (χ0v) is 10.8. The van der Waals surface area contributed by atoms with Crippen LogP contribution in [-0.4, -0.2) is 15.5 Å². The van der Waals surface area contributed by atoms with E-state index < -0.39 is 0 Å². The van der Waals surface area contributed by atoms with Gasteiger partial charge in [-0.05, 0) is 25.7 Å². The number of nitrogen functional groups attached to an aromatic ring is 1. The lowest BCUT2D eigenvalue weighted by Crippen LogP contribution is -2.35. The minimum atomic E-state index is -0.0109. The smallest absolute Gasteiger partial charge is 0.145 e. The summed E-state index contributed by atoms with van der Waals surface area (Å²) in [6.07, 6.45) is 4.28. The quantitative estimate of drug-likeness (QED) is 0.825. The lowest BCUT2D eigenvalue weighted by Gasteiger charge is -2.33. The molecule has 90 valence electrons. The van der Waals surface area contributed by atoms with Crippen molar-refractivity contribution < 1.29 is 0 Å². The topological polar surface area (TPSA) is 63.8 Å². The Morgan fingerprint density at radius 3 is 2.19 bits per heavy atom. The third kappa shape index (κ3) is 4.47. The molecule has 0 aliphatic carbocycles. The average molecular weight is 222 g/mol. The summed E-state index contributed by atoms with van der Waals surface area (Å²) in [5.41, 5.74) is 5.76. The fourth-order valence-electron chi connectivity index (χ4n) is 2.12. The van der Waals surface area contributed by atoms with Gasteiger partial charge in [0.05, 0.1) is 12.4 Å². The van der Waals surface area contributed by atoms with Crippen LogP contribution in [0.1, 0.15) is 41.0 Å². The van der Waals surface area contributed by atoms with Crippen LogP contribution in [0.3, 0.4) is 0 Å². The third-order valence-electron chi connectivity index (χ3n) is 2.11. The summed E-state index contributed by atoms with van der Waals surface area (Å²) in [5, 5.41) is 3.37. The second kappa shape index (κ2) is 4.28. The summed E-state index contributed by atoms with van der Waals surface area (Å²) in [6.45, 7) is 11.0. The Morgan fingerprint density at radius 1 is 1.12 bits per heavy atom. The van der Waals surface area contributed by atoms with Gasteiger partial charge in [-0.3, -0.25) is 0 Å². The molecule has 1 heterocycles. The van der Waals surface area contributed by atoms with E-state index in [1.807, 2.05) is 0 Å². The highest BCUT2D eigenvalue weighted by Crippen LogP contribution is 2.28. The molecular formula is C12H22N4. The van der Waals surface area contributed by atoms with Gasteiger partial charge in [-0.25, -0.2) is 9.97 Å². The minimum absolute atomic E-state index is 0.0109. The summed E-state index contributed by atoms with van der Waals surface area (Å²) >= 11 is 0. The first-order valence-electron chi connectivity index (χ1n) is 5.54. The number of rotatable bonds is 3. The molecule has 16 heavy (non-hydrogen) atoms. The predicted molar refractivity (Wildman–Crippen MR) is 68.2 cm³/mol. The van der Waals surface area contributed by atoms with E-state index in [1.54, 1.807) is 12.4 Å². The second-order valence-electron chi connectivity index (χ2n) is 6.07. The van der Waals surface area contributed by atoms with Gasteiger partial charge >= 0.3 is 0 Å². The van der Waals surface area contributed by atoms with Crippen LogP contribution < -0.4 is 11.1 Å². The van der Waals surface area contributed by atoms with Crippen molar-refractivity contribution in [1.82, 2.24) is 9.97 Å². The predicted octanol–water partition coefficient (Wildman–Crippen LogP) is 2.69. The Morgan fingerprint density at radius 2 is 1.75 bits per heavy atom. The third-order valence-corrected chi connectivity index (χ3v) is 2.11. The molecule has 0 unspecified atom stereocenters. The van der Waals surface area contributed by atoms with Crippen LogP contribution in [0.5, 0.6) is 0 Å². The molecule has 0 saturated carbocycles. The molecule has 3 N–H and O–H groups in total. The number of hydrogen-bond donors (Lipinski definition) is 2. The number of nitrogens with zero attached hydrogens (tertiary/aromatic N) is 2. The number of anilines is 2. The molecule has 0 fully saturated rings. The van der Waals surface area contributed by atoms with Crippen LogP contribution >= 0.6 is 0 Å². The molecule has 1 rings (SSSR count). The maximum atomic E-state index is 5.49. The van der Waals surface area contributed by atoms with E-state index in [-0.39, 0.29) is 11.0 Å². The summed E-state index contributed by atoms with van der Waals surface area (Å²) in [7, 11) is 0. The first-order chi connectivity index (χ1) is 7.18. The van der Waals surface area contributed by atoms with Gasteiger partial charge in [-0.1, -0.05) is 20.8 Å². The van der Waals surface area contributed by atoms with Crippen molar-refractivity contribution in [2.45, 2.75) is 46.6 Å². The fourth-order valence-corrected chi connectivity index (χ4v) is 2.12. The van der Waals surface area contributed by atoms with Gasteiger partial charge in [0.25, 0.3) is 0 Å².